The average molecular weight is 304 g/mol. The third-order valence-electron chi connectivity index (χ3n) is 2.98. The number of carbonyl (C=O) groups is 1. The van der Waals surface area contributed by atoms with Crippen molar-refractivity contribution in [3.63, 3.8) is 0 Å². The number of benzene rings is 1. The maximum Gasteiger partial charge on any atom is 0.253 e. The molecule has 0 aliphatic heterocycles. The molecule has 110 valence electrons. The standard InChI is InChI=1S/C15H16N2O3S/c1-11-3-6-13(10-16-11)15(18)17-9-12-4-7-14(8-5-12)21(2,19)20/h3-8,10H,9H2,1-2H3,(H,17,18). The fraction of sp³-hybridized carbons (Fsp3) is 0.200. The number of hydrogen-bond donors (Lipinski definition) is 1. The second-order valence-electron chi connectivity index (χ2n) is 4.79. The number of sulfone groups is 1. The van der Waals surface area contributed by atoms with Gasteiger partial charge in [0.2, 0.25) is 0 Å². The highest BCUT2D eigenvalue weighted by molar-refractivity contribution is 7.90. The van der Waals surface area contributed by atoms with Crippen molar-refractivity contribution in [2.24, 2.45) is 0 Å². The summed E-state index contributed by atoms with van der Waals surface area (Å²) in [6.45, 7) is 2.18. The Kier molecular flexibility index (Phi) is 4.37. The highest BCUT2D eigenvalue weighted by atomic mass is 32.2. The van der Waals surface area contributed by atoms with Crippen LogP contribution in [0.4, 0.5) is 0 Å². The Morgan fingerprint density at radius 2 is 1.81 bits per heavy atom. The zero-order valence-electron chi connectivity index (χ0n) is 11.8. The lowest BCUT2D eigenvalue weighted by Crippen LogP contribution is -2.22. The van der Waals surface area contributed by atoms with Gasteiger partial charge in [-0.1, -0.05) is 12.1 Å². The van der Waals surface area contributed by atoms with E-state index in [9.17, 15) is 13.2 Å². The summed E-state index contributed by atoms with van der Waals surface area (Å²) in [5.41, 5.74) is 2.17. The number of pyridine rings is 1. The molecule has 1 heterocycles. The van der Waals surface area contributed by atoms with Crippen LogP contribution < -0.4 is 5.32 Å². The lowest BCUT2D eigenvalue weighted by molar-refractivity contribution is 0.0950. The molecular formula is C15H16N2O3S. The van der Waals surface area contributed by atoms with Gasteiger partial charge in [-0.3, -0.25) is 9.78 Å². The Balaban J connectivity index is 2.00. The van der Waals surface area contributed by atoms with E-state index >= 15 is 0 Å². The molecule has 0 spiro atoms. The predicted molar refractivity (Wildman–Crippen MR) is 79.7 cm³/mol. The van der Waals surface area contributed by atoms with E-state index in [0.717, 1.165) is 17.5 Å². The average Bonchev–Trinajstić information content (AvgIpc) is 2.45. The van der Waals surface area contributed by atoms with Crippen molar-refractivity contribution in [3.05, 3.63) is 59.4 Å². The lowest BCUT2D eigenvalue weighted by atomic mass is 10.2. The molecule has 6 heteroatoms. The highest BCUT2D eigenvalue weighted by Crippen LogP contribution is 2.10. The van der Waals surface area contributed by atoms with Gasteiger partial charge >= 0.3 is 0 Å². The van der Waals surface area contributed by atoms with Crippen LogP contribution in [0.15, 0.2) is 47.5 Å². The normalized spacial score (nSPS) is 11.1. The van der Waals surface area contributed by atoms with Crippen LogP contribution in [-0.2, 0) is 16.4 Å². The molecule has 0 atom stereocenters. The van der Waals surface area contributed by atoms with Gasteiger partial charge in [-0.15, -0.1) is 0 Å². The van der Waals surface area contributed by atoms with Crippen molar-refractivity contribution in [1.82, 2.24) is 10.3 Å². The summed E-state index contributed by atoms with van der Waals surface area (Å²) in [6.07, 6.45) is 2.69. The van der Waals surface area contributed by atoms with Crippen molar-refractivity contribution in [2.75, 3.05) is 6.26 Å². The molecule has 2 aromatic rings. The Morgan fingerprint density at radius 1 is 1.14 bits per heavy atom. The Labute approximate surface area is 124 Å². The van der Waals surface area contributed by atoms with E-state index in [1.54, 1.807) is 24.3 Å². The Morgan fingerprint density at radius 3 is 2.33 bits per heavy atom. The summed E-state index contributed by atoms with van der Waals surface area (Å²) in [7, 11) is -3.19. The van der Waals surface area contributed by atoms with E-state index in [1.165, 1.54) is 18.3 Å². The van der Waals surface area contributed by atoms with Crippen LogP contribution in [0.25, 0.3) is 0 Å². The van der Waals surface area contributed by atoms with Gasteiger partial charge in [0.05, 0.1) is 10.5 Å². The maximum atomic E-state index is 11.9. The first-order chi connectivity index (χ1) is 9.86. The molecule has 1 aromatic heterocycles. The fourth-order valence-corrected chi connectivity index (χ4v) is 2.37. The van der Waals surface area contributed by atoms with Crippen molar-refractivity contribution < 1.29 is 13.2 Å². The van der Waals surface area contributed by atoms with E-state index in [4.69, 9.17) is 0 Å². The number of aromatic nitrogens is 1. The van der Waals surface area contributed by atoms with Crippen LogP contribution >= 0.6 is 0 Å². The van der Waals surface area contributed by atoms with Crippen LogP contribution in [0.2, 0.25) is 0 Å². The summed E-state index contributed by atoms with van der Waals surface area (Å²) in [5.74, 6) is -0.213. The molecule has 0 aliphatic carbocycles. The molecule has 1 aromatic carbocycles. The summed E-state index contributed by atoms with van der Waals surface area (Å²) in [5, 5.41) is 2.76. The Hall–Kier alpha value is -2.21. The second kappa shape index (κ2) is 6.05. The van der Waals surface area contributed by atoms with Gasteiger partial charge in [0.1, 0.15) is 0 Å². The SMILES string of the molecule is Cc1ccc(C(=O)NCc2ccc(S(C)(=O)=O)cc2)cn1. The van der Waals surface area contributed by atoms with Crippen LogP contribution in [0.5, 0.6) is 0 Å². The third-order valence-corrected chi connectivity index (χ3v) is 4.11. The molecule has 0 unspecified atom stereocenters. The molecule has 0 radical (unpaired) electrons. The summed E-state index contributed by atoms with van der Waals surface area (Å²) < 4.78 is 22.7. The van der Waals surface area contributed by atoms with Crippen LogP contribution in [0.3, 0.4) is 0 Å². The smallest absolute Gasteiger partial charge is 0.253 e. The zero-order valence-corrected chi connectivity index (χ0v) is 12.6. The van der Waals surface area contributed by atoms with Gasteiger partial charge in [-0.2, -0.15) is 0 Å². The Bertz CT molecular complexity index is 735. The summed E-state index contributed by atoms with van der Waals surface area (Å²) in [4.78, 5) is 16.2. The van der Waals surface area contributed by atoms with E-state index in [0.29, 0.717) is 12.1 Å². The summed E-state index contributed by atoms with van der Waals surface area (Å²) >= 11 is 0. The largest absolute Gasteiger partial charge is 0.348 e. The number of carbonyl (C=O) groups excluding carboxylic acids is 1. The van der Waals surface area contributed by atoms with E-state index < -0.39 is 9.84 Å². The molecule has 0 saturated carbocycles. The minimum Gasteiger partial charge on any atom is -0.348 e. The van der Waals surface area contributed by atoms with Crippen molar-refractivity contribution in [2.45, 2.75) is 18.4 Å². The van der Waals surface area contributed by atoms with Crippen LogP contribution in [0.1, 0.15) is 21.6 Å². The first kappa shape index (κ1) is 15.2. The molecule has 5 nitrogen and oxygen atoms in total. The topological polar surface area (TPSA) is 76.1 Å². The number of rotatable bonds is 4. The van der Waals surface area contributed by atoms with Crippen LogP contribution in [0, 0.1) is 6.92 Å². The minimum atomic E-state index is -3.19. The fourth-order valence-electron chi connectivity index (χ4n) is 1.74. The lowest BCUT2D eigenvalue weighted by Gasteiger charge is -2.06. The molecule has 0 aliphatic rings. The van der Waals surface area contributed by atoms with Gasteiger partial charge < -0.3 is 5.32 Å². The zero-order chi connectivity index (χ0) is 15.5. The maximum absolute atomic E-state index is 11.9. The third kappa shape index (κ3) is 4.13. The van der Waals surface area contributed by atoms with E-state index in [2.05, 4.69) is 10.3 Å². The van der Waals surface area contributed by atoms with Gasteiger partial charge in [0, 0.05) is 24.7 Å². The van der Waals surface area contributed by atoms with Crippen molar-refractivity contribution in [3.8, 4) is 0 Å². The predicted octanol–water partition coefficient (Wildman–Crippen LogP) is 1.72. The molecule has 21 heavy (non-hydrogen) atoms. The quantitative estimate of drug-likeness (QED) is 0.933. The van der Waals surface area contributed by atoms with Gasteiger partial charge in [0.15, 0.2) is 9.84 Å². The summed E-state index contributed by atoms with van der Waals surface area (Å²) in [6, 6.07) is 9.92. The number of nitrogens with zero attached hydrogens (tertiary/aromatic N) is 1. The number of amides is 1. The first-order valence-electron chi connectivity index (χ1n) is 6.36. The highest BCUT2D eigenvalue weighted by Gasteiger charge is 2.08. The first-order valence-corrected chi connectivity index (χ1v) is 8.25. The number of nitrogens with one attached hydrogen (secondary N) is 1. The molecular weight excluding hydrogens is 288 g/mol. The number of aryl methyl sites for hydroxylation is 1. The molecule has 1 amide bonds. The van der Waals surface area contributed by atoms with E-state index in [-0.39, 0.29) is 10.8 Å². The monoisotopic (exact) mass is 304 g/mol. The van der Waals surface area contributed by atoms with Gasteiger partial charge in [0.25, 0.3) is 5.91 Å². The molecule has 0 saturated heterocycles. The second-order valence-corrected chi connectivity index (χ2v) is 6.80. The van der Waals surface area contributed by atoms with Crippen molar-refractivity contribution >= 4 is 15.7 Å². The molecule has 0 fully saturated rings. The molecule has 1 N–H and O–H groups in total. The molecule has 0 bridgehead atoms. The van der Waals surface area contributed by atoms with Crippen LogP contribution in [-0.4, -0.2) is 25.6 Å². The number of hydrogen-bond acceptors (Lipinski definition) is 4. The van der Waals surface area contributed by atoms with E-state index in [1.807, 2.05) is 6.92 Å². The minimum absolute atomic E-state index is 0.213. The van der Waals surface area contributed by atoms with Gasteiger partial charge in [-0.05, 0) is 36.8 Å². The molecule has 2 rings (SSSR count). The van der Waals surface area contributed by atoms with Gasteiger partial charge in [-0.25, -0.2) is 8.42 Å². The van der Waals surface area contributed by atoms with Crippen molar-refractivity contribution in [1.29, 1.82) is 0 Å².